The van der Waals surface area contributed by atoms with E-state index in [1.165, 1.54) is 12.3 Å². The zero-order valence-corrected chi connectivity index (χ0v) is 7.82. The summed E-state index contributed by atoms with van der Waals surface area (Å²) in [5, 5.41) is 3.27. The van der Waals surface area contributed by atoms with Crippen molar-refractivity contribution in [3.05, 3.63) is 28.4 Å². The third kappa shape index (κ3) is 2.18. The van der Waals surface area contributed by atoms with E-state index in [4.69, 9.17) is 4.74 Å². The van der Waals surface area contributed by atoms with E-state index < -0.39 is 0 Å². The molecule has 0 amide bonds. The Bertz CT molecular complexity index is 342. The maximum absolute atomic E-state index is 11.1. The van der Waals surface area contributed by atoms with Crippen LogP contribution in [0.25, 0.3) is 0 Å². The second kappa shape index (κ2) is 4.34. The minimum absolute atomic E-state index is 0.00593. The number of hydrogen-bond acceptors (Lipinski definition) is 4. The first-order chi connectivity index (χ1) is 6.86. The standard InChI is InChI=1S/C9H13N3O2/c13-8-2-4-11-9(12-8)7-6-14-5-1-3-10-7/h2,4,7,10H,1,3,5-6H2,(H,11,12,13). The molecule has 2 N–H and O–H groups in total. The van der Waals surface area contributed by atoms with Gasteiger partial charge in [0.2, 0.25) is 0 Å². The van der Waals surface area contributed by atoms with Gasteiger partial charge in [0.05, 0.1) is 12.6 Å². The van der Waals surface area contributed by atoms with Crippen LogP contribution < -0.4 is 10.9 Å². The highest BCUT2D eigenvalue weighted by Crippen LogP contribution is 2.08. The molecule has 0 spiro atoms. The van der Waals surface area contributed by atoms with E-state index >= 15 is 0 Å². The largest absolute Gasteiger partial charge is 0.379 e. The third-order valence-electron chi connectivity index (χ3n) is 2.16. The van der Waals surface area contributed by atoms with E-state index in [1.54, 1.807) is 0 Å². The van der Waals surface area contributed by atoms with Crippen LogP contribution in [-0.4, -0.2) is 29.7 Å². The maximum atomic E-state index is 11.1. The molecule has 0 aromatic carbocycles. The van der Waals surface area contributed by atoms with E-state index in [2.05, 4.69) is 15.3 Å². The van der Waals surface area contributed by atoms with Crippen LogP contribution in [-0.2, 0) is 4.74 Å². The van der Waals surface area contributed by atoms with E-state index in [0.717, 1.165) is 19.6 Å². The summed E-state index contributed by atoms with van der Waals surface area (Å²) < 4.78 is 5.38. The summed E-state index contributed by atoms with van der Waals surface area (Å²) in [6.07, 6.45) is 2.51. The lowest BCUT2D eigenvalue weighted by Gasteiger charge is -2.13. The molecule has 2 heterocycles. The summed E-state index contributed by atoms with van der Waals surface area (Å²) >= 11 is 0. The zero-order valence-electron chi connectivity index (χ0n) is 7.82. The molecule has 0 bridgehead atoms. The number of ether oxygens (including phenoxy) is 1. The van der Waals surface area contributed by atoms with E-state index in [0.29, 0.717) is 12.4 Å². The fourth-order valence-corrected chi connectivity index (χ4v) is 1.45. The Morgan fingerprint density at radius 2 is 2.50 bits per heavy atom. The minimum atomic E-state index is -0.124. The molecule has 0 saturated carbocycles. The smallest absolute Gasteiger partial charge is 0.250 e. The lowest BCUT2D eigenvalue weighted by molar-refractivity contribution is 0.129. The molecule has 0 radical (unpaired) electrons. The van der Waals surface area contributed by atoms with Crippen molar-refractivity contribution in [3.63, 3.8) is 0 Å². The van der Waals surface area contributed by atoms with Gasteiger partial charge >= 0.3 is 0 Å². The molecule has 14 heavy (non-hydrogen) atoms. The normalized spacial score (nSPS) is 23.0. The highest BCUT2D eigenvalue weighted by molar-refractivity contribution is 4.96. The van der Waals surface area contributed by atoms with Gasteiger partial charge in [-0.2, -0.15) is 0 Å². The Morgan fingerprint density at radius 1 is 1.57 bits per heavy atom. The van der Waals surface area contributed by atoms with Gasteiger partial charge < -0.3 is 15.0 Å². The van der Waals surface area contributed by atoms with Gasteiger partial charge in [-0.25, -0.2) is 4.98 Å². The molecule has 2 rings (SSSR count). The average molecular weight is 195 g/mol. The van der Waals surface area contributed by atoms with Crippen LogP contribution in [0.3, 0.4) is 0 Å². The van der Waals surface area contributed by atoms with E-state index in [9.17, 15) is 4.79 Å². The molecule has 1 aromatic rings. The molecule has 1 aliphatic heterocycles. The molecule has 1 saturated heterocycles. The first-order valence-electron chi connectivity index (χ1n) is 4.72. The van der Waals surface area contributed by atoms with Crippen molar-refractivity contribution < 1.29 is 4.74 Å². The second-order valence-electron chi connectivity index (χ2n) is 3.25. The Morgan fingerprint density at radius 3 is 3.36 bits per heavy atom. The number of nitrogens with zero attached hydrogens (tertiary/aromatic N) is 1. The Labute approximate surface area is 81.5 Å². The predicted octanol–water partition coefficient (Wildman–Crippen LogP) is -0.179. The van der Waals surface area contributed by atoms with Crippen LogP contribution in [0.2, 0.25) is 0 Å². The predicted molar refractivity (Wildman–Crippen MR) is 51.0 cm³/mol. The topological polar surface area (TPSA) is 67.0 Å². The van der Waals surface area contributed by atoms with Gasteiger partial charge in [0.25, 0.3) is 5.56 Å². The van der Waals surface area contributed by atoms with Crippen LogP contribution in [0.4, 0.5) is 0 Å². The fourth-order valence-electron chi connectivity index (χ4n) is 1.45. The summed E-state index contributed by atoms with van der Waals surface area (Å²) in [6, 6.07) is 1.41. The Balaban J connectivity index is 2.16. The van der Waals surface area contributed by atoms with Crippen molar-refractivity contribution >= 4 is 0 Å². The van der Waals surface area contributed by atoms with Gasteiger partial charge in [0, 0.05) is 18.9 Å². The van der Waals surface area contributed by atoms with Crippen molar-refractivity contribution in [2.75, 3.05) is 19.8 Å². The molecule has 0 aliphatic carbocycles. The quantitative estimate of drug-likeness (QED) is 0.652. The van der Waals surface area contributed by atoms with E-state index in [1.807, 2.05) is 0 Å². The number of aromatic nitrogens is 2. The van der Waals surface area contributed by atoms with Crippen molar-refractivity contribution in [1.82, 2.24) is 15.3 Å². The molecular formula is C9H13N3O2. The SMILES string of the molecule is O=c1ccnc(C2COCCCN2)[nH]1. The first-order valence-corrected chi connectivity index (χ1v) is 4.72. The molecule has 1 atom stereocenters. The Kier molecular flexibility index (Phi) is 2.90. The van der Waals surface area contributed by atoms with Crippen molar-refractivity contribution in [3.8, 4) is 0 Å². The molecule has 5 nitrogen and oxygen atoms in total. The van der Waals surface area contributed by atoms with Crippen molar-refractivity contribution in [2.24, 2.45) is 0 Å². The van der Waals surface area contributed by atoms with Crippen molar-refractivity contribution in [2.45, 2.75) is 12.5 Å². The number of hydrogen-bond donors (Lipinski definition) is 2. The molecule has 1 unspecified atom stereocenters. The second-order valence-corrected chi connectivity index (χ2v) is 3.25. The fraction of sp³-hybridized carbons (Fsp3) is 0.556. The highest BCUT2D eigenvalue weighted by Gasteiger charge is 2.15. The monoisotopic (exact) mass is 195 g/mol. The van der Waals surface area contributed by atoms with Crippen LogP contribution in [0.15, 0.2) is 17.1 Å². The van der Waals surface area contributed by atoms with Crippen LogP contribution in [0, 0.1) is 0 Å². The average Bonchev–Trinajstić information content (AvgIpc) is 2.45. The number of aromatic amines is 1. The summed E-state index contributed by atoms with van der Waals surface area (Å²) in [6.45, 7) is 2.22. The number of nitrogens with one attached hydrogen (secondary N) is 2. The molecule has 1 fully saturated rings. The number of rotatable bonds is 1. The maximum Gasteiger partial charge on any atom is 0.250 e. The highest BCUT2D eigenvalue weighted by atomic mass is 16.5. The molecule has 76 valence electrons. The van der Waals surface area contributed by atoms with Gasteiger partial charge in [0.15, 0.2) is 0 Å². The number of H-pyrrole nitrogens is 1. The summed E-state index contributed by atoms with van der Waals surface area (Å²) in [5.41, 5.74) is -0.124. The van der Waals surface area contributed by atoms with Crippen LogP contribution in [0.1, 0.15) is 18.3 Å². The van der Waals surface area contributed by atoms with Crippen LogP contribution in [0.5, 0.6) is 0 Å². The molecule has 1 aromatic heterocycles. The zero-order chi connectivity index (χ0) is 9.80. The van der Waals surface area contributed by atoms with Gasteiger partial charge in [-0.05, 0) is 13.0 Å². The summed E-state index contributed by atoms with van der Waals surface area (Å²) in [4.78, 5) is 17.9. The van der Waals surface area contributed by atoms with Gasteiger partial charge in [-0.1, -0.05) is 0 Å². The molecular weight excluding hydrogens is 182 g/mol. The molecule has 5 heteroatoms. The van der Waals surface area contributed by atoms with E-state index in [-0.39, 0.29) is 11.6 Å². The summed E-state index contributed by atoms with van der Waals surface area (Å²) in [5.74, 6) is 0.652. The summed E-state index contributed by atoms with van der Waals surface area (Å²) in [7, 11) is 0. The third-order valence-corrected chi connectivity index (χ3v) is 2.16. The van der Waals surface area contributed by atoms with Crippen molar-refractivity contribution in [1.29, 1.82) is 0 Å². The molecule has 1 aliphatic rings. The minimum Gasteiger partial charge on any atom is -0.379 e. The lowest BCUT2D eigenvalue weighted by Crippen LogP contribution is -2.27. The van der Waals surface area contributed by atoms with Crippen LogP contribution >= 0.6 is 0 Å². The Hall–Kier alpha value is -1.20. The first kappa shape index (κ1) is 9.36. The van der Waals surface area contributed by atoms with Gasteiger partial charge in [-0.3, -0.25) is 4.79 Å². The lowest BCUT2D eigenvalue weighted by atomic mass is 10.3. The van der Waals surface area contributed by atoms with Gasteiger partial charge in [-0.15, -0.1) is 0 Å². The van der Waals surface area contributed by atoms with Gasteiger partial charge in [0.1, 0.15) is 5.82 Å².